The summed E-state index contributed by atoms with van der Waals surface area (Å²) in [6.45, 7) is 8.73. The van der Waals surface area contributed by atoms with Crippen molar-refractivity contribution in [3.63, 3.8) is 0 Å². The summed E-state index contributed by atoms with van der Waals surface area (Å²) < 4.78 is 0. The minimum atomic E-state index is -0.634. The second kappa shape index (κ2) is 5.02. The van der Waals surface area contributed by atoms with Crippen LogP contribution in [0.15, 0.2) is 6.07 Å². The Bertz CT molecular complexity index is 455. The van der Waals surface area contributed by atoms with Crippen molar-refractivity contribution in [1.82, 2.24) is 4.90 Å². The van der Waals surface area contributed by atoms with Gasteiger partial charge in [-0.25, -0.2) is 0 Å². The van der Waals surface area contributed by atoms with Crippen molar-refractivity contribution in [2.24, 2.45) is 5.41 Å². The first kappa shape index (κ1) is 13.6. The summed E-state index contributed by atoms with van der Waals surface area (Å²) in [4.78, 5) is 16.4. The van der Waals surface area contributed by atoms with E-state index in [4.69, 9.17) is 0 Å². The summed E-state index contributed by atoms with van der Waals surface area (Å²) in [5, 5.41) is 9.38. The predicted octanol–water partition coefficient (Wildman–Crippen LogP) is 3.05. The third-order valence-electron chi connectivity index (χ3n) is 4.10. The smallest absolute Gasteiger partial charge is 0.310 e. The fourth-order valence-corrected chi connectivity index (χ4v) is 3.73. The summed E-state index contributed by atoms with van der Waals surface area (Å²) in [6, 6.07) is 2.23. The highest BCUT2D eigenvalue weighted by Crippen LogP contribution is 2.35. The molecule has 100 valence electrons. The van der Waals surface area contributed by atoms with E-state index in [0.29, 0.717) is 6.54 Å². The number of aryl methyl sites for hydroxylation is 2. The molecule has 2 heterocycles. The lowest BCUT2D eigenvalue weighted by atomic mass is 9.84. The quantitative estimate of drug-likeness (QED) is 0.911. The van der Waals surface area contributed by atoms with Gasteiger partial charge in [-0.15, -0.1) is 11.3 Å². The van der Waals surface area contributed by atoms with Gasteiger partial charge in [0.05, 0.1) is 5.41 Å². The van der Waals surface area contributed by atoms with E-state index in [1.54, 1.807) is 0 Å². The number of carbonyl (C=O) groups is 1. The van der Waals surface area contributed by atoms with Crippen molar-refractivity contribution in [3.05, 3.63) is 21.4 Å². The van der Waals surface area contributed by atoms with Crippen LogP contribution in [-0.4, -0.2) is 29.1 Å². The van der Waals surface area contributed by atoms with Crippen LogP contribution in [0.1, 0.15) is 35.1 Å². The van der Waals surface area contributed by atoms with Gasteiger partial charge in [-0.2, -0.15) is 0 Å². The van der Waals surface area contributed by atoms with Gasteiger partial charge in [-0.3, -0.25) is 9.69 Å². The molecule has 0 aromatic carbocycles. The van der Waals surface area contributed by atoms with Gasteiger partial charge in [-0.1, -0.05) is 6.92 Å². The molecule has 0 spiro atoms. The van der Waals surface area contributed by atoms with Crippen LogP contribution in [0.3, 0.4) is 0 Å². The average Bonchev–Trinajstić information content (AvgIpc) is 2.85. The Morgan fingerprint density at radius 3 is 2.72 bits per heavy atom. The highest BCUT2D eigenvalue weighted by molar-refractivity contribution is 7.12. The van der Waals surface area contributed by atoms with Crippen molar-refractivity contribution >= 4 is 17.3 Å². The molecule has 1 aromatic rings. The number of nitrogens with zero attached hydrogens (tertiary/aromatic N) is 1. The van der Waals surface area contributed by atoms with Gasteiger partial charge in [0.15, 0.2) is 0 Å². The summed E-state index contributed by atoms with van der Waals surface area (Å²) in [6.07, 6.45) is 1.50. The number of thiophene rings is 1. The summed E-state index contributed by atoms with van der Waals surface area (Å²) in [5.74, 6) is -0.634. The number of rotatable bonds is 4. The Morgan fingerprint density at radius 1 is 1.56 bits per heavy atom. The molecule has 1 unspecified atom stereocenters. The molecule has 2 rings (SSSR count). The second-order valence-corrected chi connectivity index (χ2v) is 6.80. The number of aliphatic carboxylic acids is 1. The van der Waals surface area contributed by atoms with Crippen molar-refractivity contribution < 1.29 is 9.90 Å². The van der Waals surface area contributed by atoms with E-state index in [9.17, 15) is 9.90 Å². The van der Waals surface area contributed by atoms with Crippen molar-refractivity contribution in [3.8, 4) is 0 Å². The first-order chi connectivity index (χ1) is 8.47. The molecule has 1 atom stereocenters. The SMILES string of the molecule is CCC1(C(=O)O)CCN(Cc2cc(C)sc2C)C1. The molecule has 0 saturated carbocycles. The Morgan fingerprint density at radius 2 is 2.28 bits per heavy atom. The lowest BCUT2D eigenvalue weighted by Crippen LogP contribution is -2.33. The number of carboxylic acid groups (broad SMARTS) is 1. The standard InChI is InChI=1S/C14H21NO2S/c1-4-14(13(16)17)5-6-15(9-14)8-12-7-10(2)18-11(12)3/h7H,4-6,8-9H2,1-3H3,(H,16,17). The molecule has 1 aromatic heterocycles. The highest BCUT2D eigenvalue weighted by Gasteiger charge is 2.43. The normalized spacial score (nSPS) is 24.6. The summed E-state index contributed by atoms with van der Waals surface area (Å²) in [5.41, 5.74) is 0.841. The fourth-order valence-electron chi connectivity index (χ4n) is 2.79. The van der Waals surface area contributed by atoms with Crippen molar-refractivity contribution in [2.45, 2.75) is 40.2 Å². The van der Waals surface area contributed by atoms with Crippen molar-refractivity contribution in [2.75, 3.05) is 13.1 Å². The topological polar surface area (TPSA) is 40.5 Å². The van der Waals surface area contributed by atoms with E-state index < -0.39 is 11.4 Å². The molecule has 1 aliphatic heterocycles. The molecule has 0 radical (unpaired) electrons. The van der Waals surface area contributed by atoms with Gasteiger partial charge >= 0.3 is 5.97 Å². The van der Waals surface area contributed by atoms with Gasteiger partial charge < -0.3 is 5.11 Å². The van der Waals surface area contributed by atoms with Crippen LogP contribution < -0.4 is 0 Å². The van der Waals surface area contributed by atoms with E-state index >= 15 is 0 Å². The third-order valence-corrected chi connectivity index (χ3v) is 5.11. The Balaban J connectivity index is 2.06. The first-order valence-electron chi connectivity index (χ1n) is 6.48. The molecule has 1 saturated heterocycles. The molecule has 1 aliphatic rings. The van der Waals surface area contributed by atoms with Gasteiger partial charge in [0.1, 0.15) is 0 Å². The van der Waals surface area contributed by atoms with Crippen LogP contribution in [0.4, 0.5) is 0 Å². The number of hydrogen-bond donors (Lipinski definition) is 1. The highest BCUT2D eigenvalue weighted by atomic mass is 32.1. The minimum absolute atomic E-state index is 0.515. The van der Waals surface area contributed by atoms with Crippen molar-refractivity contribution in [1.29, 1.82) is 0 Å². The minimum Gasteiger partial charge on any atom is -0.481 e. The van der Waals surface area contributed by atoms with Gasteiger partial charge in [0, 0.05) is 22.8 Å². The number of hydrogen-bond acceptors (Lipinski definition) is 3. The van der Waals surface area contributed by atoms with Crippen LogP contribution in [0.25, 0.3) is 0 Å². The van der Waals surface area contributed by atoms with Crippen LogP contribution in [0.5, 0.6) is 0 Å². The molecule has 0 bridgehead atoms. The molecule has 0 aliphatic carbocycles. The van der Waals surface area contributed by atoms with Gasteiger partial charge in [0.2, 0.25) is 0 Å². The molecule has 18 heavy (non-hydrogen) atoms. The second-order valence-electron chi connectivity index (χ2n) is 5.34. The van der Waals surface area contributed by atoms with Crippen LogP contribution in [0.2, 0.25) is 0 Å². The van der Waals surface area contributed by atoms with Crippen LogP contribution >= 0.6 is 11.3 Å². The monoisotopic (exact) mass is 267 g/mol. The molecule has 1 N–H and O–H groups in total. The Labute approximate surface area is 112 Å². The van der Waals surface area contributed by atoms with E-state index in [1.165, 1.54) is 15.3 Å². The molecule has 4 heteroatoms. The molecular formula is C14H21NO2S. The van der Waals surface area contributed by atoms with Gasteiger partial charge in [0.25, 0.3) is 0 Å². The van der Waals surface area contributed by atoms with E-state index in [0.717, 1.165) is 25.9 Å². The molecular weight excluding hydrogens is 246 g/mol. The Hall–Kier alpha value is -0.870. The third kappa shape index (κ3) is 2.45. The maximum absolute atomic E-state index is 11.4. The van der Waals surface area contributed by atoms with E-state index in [1.807, 2.05) is 18.3 Å². The fraction of sp³-hybridized carbons (Fsp3) is 0.643. The largest absolute Gasteiger partial charge is 0.481 e. The van der Waals surface area contributed by atoms with E-state index in [-0.39, 0.29) is 0 Å². The van der Waals surface area contributed by atoms with Gasteiger partial charge in [-0.05, 0) is 44.9 Å². The molecule has 3 nitrogen and oxygen atoms in total. The Kier molecular flexibility index (Phi) is 3.78. The molecule has 0 amide bonds. The number of likely N-dealkylation sites (tertiary alicyclic amines) is 1. The first-order valence-corrected chi connectivity index (χ1v) is 7.30. The molecule has 1 fully saturated rings. The maximum Gasteiger partial charge on any atom is 0.310 e. The number of carboxylic acids is 1. The van der Waals surface area contributed by atoms with Crippen LogP contribution in [-0.2, 0) is 11.3 Å². The average molecular weight is 267 g/mol. The van der Waals surface area contributed by atoms with Crippen LogP contribution in [0, 0.1) is 19.3 Å². The van der Waals surface area contributed by atoms with E-state index in [2.05, 4.69) is 24.8 Å². The zero-order valence-corrected chi connectivity index (χ0v) is 12.1. The lowest BCUT2D eigenvalue weighted by Gasteiger charge is -2.23. The lowest BCUT2D eigenvalue weighted by molar-refractivity contribution is -0.148. The summed E-state index contributed by atoms with van der Waals surface area (Å²) in [7, 11) is 0. The maximum atomic E-state index is 11.4. The summed E-state index contributed by atoms with van der Waals surface area (Å²) >= 11 is 1.82. The zero-order valence-electron chi connectivity index (χ0n) is 11.3. The predicted molar refractivity (Wildman–Crippen MR) is 74.0 cm³/mol. The zero-order chi connectivity index (χ0) is 13.3.